The largest absolute Gasteiger partial charge is 0.385 e. The molecule has 4 heteroatoms. The molecule has 2 fully saturated rings. The van der Waals surface area contributed by atoms with Gasteiger partial charge in [-0.3, -0.25) is 0 Å². The average molecular weight is 379 g/mol. The molecule has 1 aliphatic heterocycles. The van der Waals surface area contributed by atoms with Crippen LogP contribution in [0.5, 0.6) is 0 Å². The number of hydrogen-bond donors (Lipinski definition) is 2. The molecule has 3 atom stereocenters. The van der Waals surface area contributed by atoms with Crippen molar-refractivity contribution in [2.24, 2.45) is 11.8 Å². The van der Waals surface area contributed by atoms with Gasteiger partial charge in [0.25, 0.3) is 0 Å². The number of likely N-dealkylation sites (tertiary alicyclic amines) is 1. The number of carbonyl (C=O) groups is 1. The molecule has 0 radical (unpaired) electrons. The molecule has 1 aliphatic carbocycles. The zero-order valence-electron chi connectivity index (χ0n) is 17.0. The van der Waals surface area contributed by atoms with Gasteiger partial charge in [-0.25, -0.2) is 4.79 Å². The lowest BCUT2D eigenvalue weighted by atomic mass is 9.84. The molecule has 1 saturated carbocycles. The van der Waals surface area contributed by atoms with Gasteiger partial charge in [-0.1, -0.05) is 63.2 Å². The fourth-order valence-corrected chi connectivity index (χ4v) is 4.76. The molecule has 4 rings (SSSR count). The van der Waals surface area contributed by atoms with Crippen LogP contribution in [0.1, 0.15) is 44.7 Å². The summed E-state index contributed by atoms with van der Waals surface area (Å²) in [6, 6.07) is 18.0. The lowest BCUT2D eigenvalue weighted by molar-refractivity contribution is 0.0328. The summed E-state index contributed by atoms with van der Waals surface area (Å²) in [5, 5.41) is 14.3. The average Bonchev–Trinajstić information content (AvgIpc) is 3.18. The van der Waals surface area contributed by atoms with Crippen LogP contribution in [0.2, 0.25) is 0 Å². The Balaban J connectivity index is 1.40. The van der Waals surface area contributed by atoms with Gasteiger partial charge in [0.2, 0.25) is 0 Å². The van der Waals surface area contributed by atoms with Crippen molar-refractivity contribution in [1.29, 1.82) is 0 Å². The molecule has 2 N–H and O–H groups in total. The van der Waals surface area contributed by atoms with Gasteiger partial charge < -0.3 is 15.3 Å². The van der Waals surface area contributed by atoms with Crippen molar-refractivity contribution in [3.05, 3.63) is 65.7 Å². The molecule has 1 heterocycles. The number of carbonyl (C=O) groups excluding carboxylic acids is 1. The van der Waals surface area contributed by atoms with Crippen molar-refractivity contribution in [3.63, 3.8) is 0 Å². The number of aliphatic hydroxyl groups is 1. The highest BCUT2D eigenvalue weighted by Gasteiger charge is 2.49. The molecule has 2 aromatic rings. The van der Waals surface area contributed by atoms with Crippen LogP contribution in [0.4, 0.5) is 10.5 Å². The first kappa shape index (κ1) is 19.0. The lowest BCUT2D eigenvalue weighted by Gasteiger charge is -2.28. The number of nitrogens with one attached hydrogen (secondary N) is 1. The quantitative estimate of drug-likeness (QED) is 0.793. The Bertz CT molecular complexity index is 825. The minimum Gasteiger partial charge on any atom is -0.385 e. The first-order chi connectivity index (χ1) is 13.2. The molecular formula is C24H30N2O2. The van der Waals surface area contributed by atoms with E-state index >= 15 is 0 Å². The second-order valence-electron chi connectivity index (χ2n) is 9.49. The number of urea groups is 1. The molecule has 28 heavy (non-hydrogen) atoms. The fourth-order valence-electron chi connectivity index (χ4n) is 4.76. The molecule has 2 aliphatic rings. The Morgan fingerprint density at radius 2 is 1.57 bits per heavy atom. The molecule has 0 aromatic heterocycles. The monoisotopic (exact) mass is 378 g/mol. The van der Waals surface area contributed by atoms with Crippen LogP contribution >= 0.6 is 0 Å². The minimum atomic E-state index is -0.770. The van der Waals surface area contributed by atoms with Crippen LogP contribution in [0, 0.1) is 11.8 Å². The van der Waals surface area contributed by atoms with Gasteiger partial charge in [0, 0.05) is 18.8 Å². The Labute approximate surface area is 167 Å². The van der Waals surface area contributed by atoms with E-state index in [1.807, 2.05) is 35.2 Å². The van der Waals surface area contributed by atoms with Crippen LogP contribution in [-0.4, -0.2) is 29.1 Å². The number of amides is 2. The number of fused-ring (bicyclic) bond motifs is 1. The van der Waals surface area contributed by atoms with Gasteiger partial charge in [0.15, 0.2) is 0 Å². The van der Waals surface area contributed by atoms with Gasteiger partial charge in [-0.05, 0) is 53.4 Å². The number of anilines is 1. The van der Waals surface area contributed by atoms with Crippen LogP contribution < -0.4 is 5.32 Å². The second-order valence-corrected chi connectivity index (χ2v) is 9.49. The zero-order chi connectivity index (χ0) is 19.9. The van der Waals surface area contributed by atoms with Crippen LogP contribution in [-0.2, 0) is 11.0 Å². The van der Waals surface area contributed by atoms with Crippen molar-refractivity contribution < 1.29 is 9.90 Å². The van der Waals surface area contributed by atoms with Gasteiger partial charge in [-0.15, -0.1) is 0 Å². The molecule has 2 amide bonds. The number of para-hydroxylation sites is 1. The van der Waals surface area contributed by atoms with Crippen molar-refractivity contribution in [2.75, 3.05) is 18.4 Å². The summed E-state index contributed by atoms with van der Waals surface area (Å²) in [7, 11) is 0. The van der Waals surface area contributed by atoms with Gasteiger partial charge in [0.1, 0.15) is 0 Å². The smallest absolute Gasteiger partial charge is 0.321 e. The number of hydrogen-bond acceptors (Lipinski definition) is 2. The molecule has 1 saturated heterocycles. The van der Waals surface area contributed by atoms with E-state index < -0.39 is 5.60 Å². The Morgan fingerprint density at radius 3 is 2.11 bits per heavy atom. The van der Waals surface area contributed by atoms with E-state index in [1.165, 1.54) is 5.56 Å². The maximum atomic E-state index is 12.6. The topological polar surface area (TPSA) is 52.6 Å². The molecule has 1 unspecified atom stereocenters. The van der Waals surface area contributed by atoms with E-state index in [4.69, 9.17) is 0 Å². The van der Waals surface area contributed by atoms with Crippen molar-refractivity contribution in [3.8, 4) is 0 Å². The van der Waals surface area contributed by atoms with Crippen LogP contribution in [0.3, 0.4) is 0 Å². The van der Waals surface area contributed by atoms with E-state index in [1.54, 1.807) is 0 Å². The Kier molecular flexibility index (Phi) is 4.70. The predicted molar refractivity (Wildman–Crippen MR) is 112 cm³/mol. The highest BCUT2D eigenvalue weighted by molar-refractivity contribution is 5.89. The van der Waals surface area contributed by atoms with E-state index in [9.17, 15) is 9.90 Å². The van der Waals surface area contributed by atoms with Gasteiger partial charge in [0.05, 0.1) is 5.60 Å². The van der Waals surface area contributed by atoms with Crippen molar-refractivity contribution in [2.45, 2.75) is 44.6 Å². The molecule has 148 valence electrons. The summed E-state index contributed by atoms with van der Waals surface area (Å²) in [4.78, 5) is 14.5. The van der Waals surface area contributed by atoms with E-state index in [2.05, 4.69) is 50.4 Å². The third-order valence-electron chi connectivity index (χ3n) is 6.38. The number of rotatable bonds is 2. The predicted octanol–water partition coefficient (Wildman–Crippen LogP) is 4.75. The Morgan fingerprint density at radius 1 is 1.00 bits per heavy atom. The molecule has 2 aromatic carbocycles. The molecule has 0 bridgehead atoms. The normalized spacial score (nSPS) is 26.9. The van der Waals surface area contributed by atoms with Gasteiger partial charge >= 0.3 is 6.03 Å². The first-order valence-corrected chi connectivity index (χ1v) is 10.2. The lowest BCUT2D eigenvalue weighted by Crippen LogP contribution is -2.35. The standard InChI is InChI=1S/C24H30N2O2/c1-23(2,3)19-9-11-20(12-10-19)24(28)13-17-15-26(16-18(17)14-24)22(27)25-21-7-5-4-6-8-21/h4-12,17-18,28H,13-16H2,1-3H3,(H,25,27)/t17-,18+,24?. The second kappa shape index (κ2) is 6.93. The molecule has 4 nitrogen and oxygen atoms in total. The van der Waals surface area contributed by atoms with E-state index in [-0.39, 0.29) is 11.4 Å². The van der Waals surface area contributed by atoms with Crippen molar-refractivity contribution >= 4 is 11.7 Å². The Hall–Kier alpha value is -2.33. The van der Waals surface area contributed by atoms with E-state index in [0.29, 0.717) is 24.9 Å². The summed E-state index contributed by atoms with van der Waals surface area (Å²) < 4.78 is 0. The fraction of sp³-hybridized carbons (Fsp3) is 0.458. The zero-order valence-corrected chi connectivity index (χ0v) is 17.0. The third kappa shape index (κ3) is 3.66. The number of nitrogens with zero attached hydrogens (tertiary/aromatic N) is 1. The summed E-state index contributed by atoms with van der Waals surface area (Å²) in [5.41, 5.74) is 2.45. The SMILES string of the molecule is CC(C)(C)c1ccc(C2(O)C[C@H]3CN(C(=O)Nc4ccccc4)C[C@H]3C2)cc1. The first-order valence-electron chi connectivity index (χ1n) is 10.2. The van der Waals surface area contributed by atoms with Crippen molar-refractivity contribution in [1.82, 2.24) is 4.90 Å². The highest BCUT2D eigenvalue weighted by atomic mass is 16.3. The van der Waals surface area contributed by atoms with Crippen LogP contribution in [0.15, 0.2) is 54.6 Å². The number of benzene rings is 2. The third-order valence-corrected chi connectivity index (χ3v) is 6.38. The maximum absolute atomic E-state index is 12.6. The minimum absolute atomic E-state index is 0.0429. The van der Waals surface area contributed by atoms with Crippen LogP contribution in [0.25, 0.3) is 0 Å². The summed E-state index contributed by atoms with van der Waals surface area (Å²) in [6.07, 6.45) is 1.45. The summed E-state index contributed by atoms with van der Waals surface area (Å²) in [6.45, 7) is 8.03. The summed E-state index contributed by atoms with van der Waals surface area (Å²) in [5.74, 6) is 0.711. The highest BCUT2D eigenvalue weighted by Crippen LogP contribution is 2.49. The maximum Gasteiger partial charge on any atom is 0.321 e. The summed E-state index contributed by atoms with van der Waals surface area (Å²) >= 11 is 0. The van der Waals surface area contributed by atoms with Gasteiger partial charge in [-0.2, -0.15) is 0 Å². The van der Waals surface area contributed by atoms with E-state index in [0.717, 1.165) is 24.1 Å². The molecular weight excluding hydrogens is 348 g/mol. The molecule has 0 spiro atoms.